The van der Waals surface area contributed by atoms with Gasteiger partial charge in [-0.15, -0.1) is 11.8 Å². The first-order valence-electron chi connectivity index (χ1n) is 5.29. The Bertz CT molecular complexity index is 387. The molecule has 0 radical (unpaired) electrons. The Labute approximate surface area is 99.2 Å². The van der Waals surface area contributed by atoms with Gasteiger partial charge >= 0.3 is 7.12 Å². The molecule has 2 N–H and O–H groups in total. The summed E-state index contributed by atoms with van der Waals surface area (Å²) < 4.78 is 5.07. The van der Waals surface area contributed by atoms with Crippen LogP contribution in [0.5, 0.6) is 5.88 Å². The predicted molar refractivity (Wildman–Crippen MR) is 64.3 cm³/mol. The molecule has 2 heterocycles. The number of thioether (sulfide) groups is 1. The van der Waals surface area contributed by atoms with Crippen LogP contribution in [-0.2, 0) is 6.42 Å². The zero-order valence-corrected chi connectivity index (χ0v) is 9.96. The van der Waals surface area contributed by atoms with E-state index in [9.17, 15) is 10.0 Å². The summed E-state index contributed by atoms with van der Waals surface area (Å²) in [7, 11) is -0.0388. The molecule has 0 aliphatic carbocycles. The minimum Gasteiger partial charge on any atom is -0.481 e. The molecule has 1 aliphatic rings. The van der Waals surface area contributed by atoms with E-state index < -0.39 is 7.12 Å². The van der Waals surface area contributed by atoms with Crippen LogP contribution in [0.25, 0.3) is 0 Å². The molecule has 86 valence electrons. The fourth-order valence-electron chi connectivity index (χ4n) is 1.78. The first-order chi connectivity index (χ1) is 7.72. The number of hydrogen-bond donors (Lipinski definition) is 2. The molecule has 1 aliphatic heterocycles. The van der Waals surface area contributed by atoms with Gasteiger partial charge in [-0.3, -0.25) is 0 Å². The summed E-state index contributed by atoms with van der Waals surface area (Å²) in [6, 6.07) is 1.80. The Morgan fingerprint density at radius 3 is 2.94 bits per heavy atom. The summed E-state index contributed by atoms with van der Waals surface area (Å²) in [6.45, 7) is 0. The number of fused-ring (bicyclic) bond motifs is 1. The zero-order valence-electron chi connectivity index (χ0n) is 9.14. The van der Waals surface area contributed by atoms with E-state index >= 15 is 0 Å². The molecule has 0 saturated heterocycles. The number of nitrogens with zero attached hydrogens (tertiary/aromatic N) is 1. The first-order valence-corrected chi connectivity index (χ1v) is 6.27. The molecule has 6 heteroatoms. The summed E-state index contributed by atoms with van der Waals surface area (Å²) in [4.78, 5) is 4.33. The molecule has 1 aromatic heterocycles. The van der Waals surface area contributed by atoms with E-state index in [1.54, 1.807) is 17.8 Å². The van der Waals surface area contributed by atoms with Crippen molar-refractivity contribution in [1.29, 1.82) is 0 Å². The highest BCUT2D eigenvalue weighted by atomic mass is 32.2. The Morgan fingerprint density at radius 1 is 1.44 bits per heavy atom. The summed E-state index contributed by atoms with van der Waals surface area (Å²) in [6.07, 6.45) is 3.23. The van der Waals surface area contributed by atoms with E-state index in [1.807, 2.05) is 0 Å². The molecule has 1 aromatic rings. The number of rotatable bonds is 2. The Kier molecular flexibility index (Phi) is 3.73. The van der Waals surface area contributed by atoms with Gasteiger partial charge in [0, 0.05) is 5.46 Å². The van der Waals surface area contributed by atoms with Gasteiger partial charge in [0.15, 0.2) is 0 Å². The van der Waals surface area contributed by atoms with Gasteiger partial charge in [0.05, 0.1) is 7.11 Å². The van der Waals surface area contributed by atoms with Crippen molar-refractivity contribution in [2.45, 2.75) is 24.3 Å². The number of pyridine rings is 1. The molecule has 0 fully saturated rings. The van der Waals surface area contributed by atoms with Crippen molar-refractivity contribution in [1.82, 2.24) is 4.98 Å². The molecule has 0 unspecified atom stereocenters. The molecule has 0 saturated carbocycles. The Morgan fingerprint density at radius 2 is 2.25 bits per heavy atom. The monoisotopic (exact) mass is 239 g/mol. The van der Waals surface area contributed by atoms with Crippen LogP contribution in [0.1, 0.15) is 18.4 Å². The standard InChI is InChI=1S/C10H14BNO3S/c1-15-9-8(11(13)14)6-7-4-2-3-5-16-10(7)12-9/h6,13-14H,2-5H2,1H3. The molecule has 0 aromatic carbocycles. The van der Waals surface area contributed by atoms with Crippen molar-refractivity contribution in [3.8, 4) is 5.88 Å². The molecular weight excluding hydrogens is 225 g/mol. The first kappa shape index (κ1) is 11.8. The fourth-order valence-corrected chi connectivity index (χ4v) is 2.81. The van der Waals surface area contributed by atoms with Crippen molar-refractivity contribution in [2.75, 3.05) is 12.9 Å². The Hall–Kier alpha value is -0.715. The van der Waals surface area contributed by atoms with Crippen LogP contribution in [0.2, 0.25) is 0 Å². The highest BCUT2D eigenvalue weighted by Crippen LogP contribution is 2.28. The van der Waals surface area contributed by atoms with E-state index in [2.05, 4.69) is 4.98 Å². The minimum atomic E-state index is -1.53. The lowest BCUT2D eigenvalue weighted by molar-refractivity contribution is 0.387. The molecule has 4 nitrogen and oxygen atoms in total. The van der Waals surface area contributed by atoms with Crippen molar-refractivity contribution in [2.24, 2.45) is 0 Å². The third kappa shape index (κ3) is 2.34. The predicted octanol–water partition coefficient (Wildman–Crippen LogP) is 0.198. The maximum atomic E-state index is 9.24. The van der Waals surface area contributed by atoms with Gasteiger partial charge < -0.3 is 14.8 Å². The lowest BCUT2D eigenvalue weighted by Crippen LogP contribution is -2.32. The third-order valence-corrected chi connectivity index (χ3v) is 3.72. The summed E-state index contributed by atoms with van der Waals surface area (Å²) in [5.41, 5.74) is 1.44. The van der Waals surface area contributed by atoms with Gasteiger partial charge in [-0.05, 0) is 30.6 Å². The lowest BCUT2D eigenvalue weighted by atomic mass is 9.80. The van der Waals surface area contributed by atoms with Crippen LogP contribution in [-0.4, -0.2) is 35.0 Å². The second-order valence-corrected chi connectivity index (χ2v) is 4.81. The molecule has 2 rings (SSSR count). The summed E-state index contributed by atoms with van der Waals surface area (Å²) in [5.74, 6) is 1.37. The summed E-state index contributed by atoms with van der Waals surface area (Å²) >= 11 is 1.71. The van der Waals surface area contributed by atoms with E-state index in [1.165, 1.54) is 13.5 Å². The largest absolute Gasteiger partial charge is 0.494 e. The summed E-state index contributed by atoms with van der Waals surface area (Å²) in [5, 5.41) is 19.4. The van der Waals surface area contributed by atoms with Crippen molar-refractivity contribution < 1.29 is 14.8 Å². The van der Waals surface area contributed by atoms with E-state index in [4.69, 9.17) is 4.74 Å². The van der Waals surface area contributed by atoms with Crippen LogP contribution in [0.3, 0.4) is 0 Å². The van der Waals surface area contributed by atoms with E-state index in [0.717, 1.165) is 29.2 Å². The maximum absolute atomic E-state index is 9.24. The van der Waals surface area contributed by atoms with Crippen LogP contribution < -0.4 is 10.2 Å². The number of hydrogen-bond acceptors (Lipinski definition) is 5. The number of methoxy groups -OCH3 is 1. The van der Waals surface area contributed by atoms with Crippen LogP contribution in [0.15, 0.2) is 11.1 Å². The lowest BCUT2D eigenvalue weighted by Gasteiger charge is -2.11. The number of aryl methyl sites for hydroxylation is 1. The Balaban J connectivity index is 2.44. The van der Waals surface area contributed by atoms with Crippen molar-refractivity contribution in [3.63, 3.8) is 0 Å². The second-order valence-electron chi connectivity index (χ2n) is 3.73. The van der Waals surface area contributed by atoms with Crippen LogP contribution >= 0.6 is 11.8 Å². The highest BCUT2D eigenvalue weighted by molar-refractivity contribution is 7.99. The maximum Gasteiger partial charge on any atom is 0.494 e. The molecule has 0 spiro atoms. The SMILES string of the molecule is COc1nc2c(cc1B(O)O)CCCCS2. The van der Waals surface area contributed by atoms with Crippen molar-refractivity contribution in [3.05, 3.63) is 11.6 Å². The van der Waals surface area contributed by atoms with Gasteiger partial charge in [-0.1, -0.05) is 6.07 Å². The fraction of sp³-hybridized carbons (Fsp3) is 0.500. The average Bonchev–Trinajstić information content (AvgIpc) is 2.51. The van der Waals surface area contributed by atoms with Gasteiger partial charge in [-0.25, -0.2) is 4.98 Å². The molecular formula is C10H14BNO3S. The zero-order chi connectivity index (χ0) is 11.5. The minimum absolute atomic E-state index is 0.308. The topological polar surface area (TPSA) is 62.6 Å². The van der Waals surface area contributed by atoms with Crippen LogP contribution in [0, 0.1) is 0 Å². The van der Waals surface area contributed by atoms with Gasteiger partial charge in [0.25, 0.3) is 0 Å². The normalized spacial score (nSPS) is 15.2. The van der Waals surface area contributed by atoms with Crippen molar-refractivity contribution >= 4 is 24.3 Å². The third-order valence-electron chi connectivity index (χ3n) is 2.61. The van der Waals surface area contributed by atoms with Gasteiger partial charge in [-0.2, -0.15) is 0 Å². The number of aromatic nitrogens is 1. The molecule has 0 bridgehead atoms. The number of ether oxygens (including phenoxy) is 1. The average molecular weight is 239 g/mol. The van der Waals surface area contributed by atoms with Crippen LogP contribution in [0.4, 0.5) is 0 Å². The highest BCUT2D eigenvalue weighted by Gasteiger charge is 2.22. The van der Waals surface area contributed by atoms with E-state index in [-0.39, 0.29) is 0 Å². The van der Waals surface area contributed by atoms with E-state index in [0.29, 0.717) is 11.3 Å². The second kappa shape index (κ2) is 5.08. The molecule has 16 heavy (non-hydrogen) atoms. The van der Waals surface area contributed by atoms with Gasteiger partial charge in [0.1, 0.15) is 5.03 Å². The molecule has 0 atom stereocenters. The quantitative estimate of drug-likeness (QED) is 0.722. The molecule has 0 amide bonds. The van der Waals surface area contributed by atoms with Gasteiger partial charge in [0.2, 0.25) is 5.88 Å². The smallest absolute Gasteiger partial charge is 0.481 e.